The molecule has 2 aromatic heterocycles. The van der Waals surface area contributed by atoms with Crippen LogP contribution in [0.2, 0.25) is 0 Å². The second kappa shape index (κ2) is 8.44. The van der Waals surface area contributed by atoms with Crippen LogP contribution in [0.4, 0.5) is 15.7 Å². The molecule has 2 saturated heterocycles. The van der Waals surface area contributed by atoms with Gasteiger partial charge in [0.05, 0.1) is 13.2 Å². The average Bonchev–Trinajstić information content (AvgIpc) is 3.22. The van der Waals surface area contributed by atoms with Crippen molar-refractivity contribution in [3.8, 4) is 0 Å². The fourth-order valence-corrected chi connectivity index (χ4v) is 3.62. The van der Waals surface area contributed by atoms with Crippen LogP contribution >= 0.6 is 11.5 Å². The summed E-state index contributed by atoms with van der Waals surface area (Å²) in [6.07, 6.45) is 3.40. The van der Waals surface area contributed by atoms with E-state index in [-0.39, 0.29) is 17.6 Å². The van der Waals surface area contributed by atoms with Crippen molar-refractivity contribution in [3.05, 3.63) is 24.2 Å². The van der Waals surface area contributed by atoms with Gasteiger partial charge in [0, 0.05) is 63.2 Å². The van der Waals surface area contributed by atoms with Crippen molar-refractivity contribution < 1.29 is 14.3 Å². The van der Waals surface area contributed by atoms with E-state index in [1.165, 1.54) is 0 Å². The van der Waals surface area contributed by atoms with Gasteiger partial charge in [-0.2, -0.15) is 0 Å². The molecule has 28 heavy (non-hydrogen) atoms. The number of nitrogens with zero attached hydrogens (tertiary/aromatic N) is 7. The summed E-state index contributed by atoms with van der Waals surface area (Å²) in [7, 11) is 0. The SMILES string of the molecule is O=C(Nc1snnc1C(=O)N1CCN(c2ncccn2)CC1)N1CCOCC1. The van der Waals surface area contributed by atoms with Crippen molar-refractivity contribution in [2.45, 2.75) is 0 Å². The van der Waals surface area contributed by atoms with E-state index in [9.17, 15) is 9.59 Å². The van der Waals surface area contributed by atoms with Crippen molar-refractivity contribution in [3.63, 3.8) is 0 Å². The quantitative estimate of drug-likeness (QED) is 0.769. The molecule has 0 radical (unpaired) electrons. The molecule has 11 nitrogen and oxygen atoms in total. The molecule has 0 spiro atoms. The third-order valence-corrected chi connectivity index (χ3v) is 5.25. The zero-order valence-electron chi connectivity index (χ0n) is 15.2. The summed E-state index contributed by atoms with van der Waals surface area (Å²) in [6.45, 7) is 4.35. The van der Waals surface area contributed by atoms with Gasteiger partial charge in [0.25, 0.3) is 5.91 Å². The summed E-state index contributed by atoms with van der Waals surface area (Å²) in [5.41, 5.74) is 0.177. The highest BCUT2D eigenvalue weighted by Gasteiger charge is 2.28. The Balaban J connectivity index is 1.37. The highest BCUT2D eigenvalue weighted by Crippen LogP contribution is 2.21. The molecule has 148 valence electrons. The molecule has 3 amide bonds. The second-order valence-corrected chi connectivity index (χ2v) is 7.06. The molecule has 0 aromatic carbocycles. The maximum absolute atomic E-state index is 12.9. The Labute approximate surface area is 165 Å². The van der Waals surface area contributed by atoms with Crippen LogP contribution in [0, 0.1) is 0 Å². The molecule has 0 atom stereocenters. The first-order valence-electron chi connectivity index (χ1n) is 8.99. The Kier molecular flexibility index (Phi) is 5.58. The minimum Gasteiger partial charge on any atom is -0.378 e. The number of nitrogens with one attached hydrogen (secondary N) is 1. The normalized spacial score (nSPS) is 17.5. The Hall–Kier alpha value is -2.86. The van der Waals surface area contributed by atoms with E-state index in [0.29, 0.717) is 63.4 Å². The number of ether oxygens (including phenoxy) is 1. The number of anilines is 2. The fraction of sp³-hybridized carbons (Fsp3) is 0.500. The number of hydrogen-bond donors (Lipinski definition) is 1. The lowest BCUT2D eigenvalue weighted by Gasteiger charge is -2.34. The van der Waals surface area contributed by atoms with Crippen molar-refractivity contribution in [1.29, 1.82) is 0 Å². The molecule has 4 rings (SSSR count). The van der Waals surface area contributed by atoms with Crippen molar-refractivity contribution in [2.24, 2.45) is 0 Å². The number of amides is 3. The third kappa shape index (κ3) is 4.02. The van der Waals surface area contributed by atoms with Crippen LogP contribution in [0.15, 0.2) is 18.5 Å². The predicted molar refractivity (Wildman–Crippen MR) is 101 cm³/mol. The number of carbonyl (C=O) groups excluding carboxylic acids is 2. The number of carbonyl (C=O) groups is 2. The lowest BCUT2D eigenvalue weighted by atomic mass is 10.3. The number of aromatic nitrogens is 4. The number of morpholine rings is 1. The van der Waals surface area contributed by atoms with Crippen molar-refractivity contribution >= 4 is 34.4 Å². The number of hydrogen-bond acceptors (Lipinski definition) is 9. The first kappa shape index (κ1) is 18.5. The summed E-state index contributed by atoms with van der Waals surface area (Å²) in [6, 6.07) is 1.50. The lowest BCUT2D eigenvalue weighted by molar-refractivity contribution is 0.0564. The van der Waals surface area contributed by atoms with Crippen LogP contribution < -0.4 is 10.2 Å². The molecular formula is C16H20N8O3S. The number of rotatable bonds is 3. The first-order valence-corrected chi connectivity index (χ1v) is 9.77. The van der Waals surface area contributed by atoms with E-state index >= 15 is 0 Å². The van der Waals surface area contributed by atoms with Crippen molar-refractivity contribution in [2.75, 3.05) is 62.7 Å². The number of urea groups is 1. The summed E-state index contributed by atoms with van der Waals surface area (Å²) >= 11 is 1.00. The molecule has 2 aliphatic rings. The van der Waals surface area contributed by atoms with E-state index in [4.69, 9.17) is 4.74 Å². The monoisotopic (exact) mass is 404 g/mol. The maximum atomic E-state index is 12.9. The van der Waals surface area contributed by atoms with Crippen LogP contribution in [0.25, 0.3) is 0 Å². The van der Waals surface area contributed by atoms with E-state index in [1.807, 2.05) is 4.90 Å². The van der Waals surface area contributed by atoms with E-state index in [0.717, 1.165) is 11.5 Å². The summed E-state index contributed by atoms with van der Waals surface area (Å²) in [4.78, 5) is 39.1. The number of piperazine rings is 1. The molecule has 4 heterocycles. The van der Waals surface area contributed by atoms with E-state index in [1.54, 1.807) is 28.3 Å². The minimum absolute atomic E-state index is 0.177. The van der Waals surface area contributed by atoms with E-state index < -0.39 is 0 Å². The van der Waals surface area contributed by atoms with Crippen molar-refractivity contribution in [1.82, 2.24) is 29.4 Å². The molecular weight excluding hydrogens is 384 g/mol. The average molecular weight is 404 g/mol. The van der Waals surface area contributed by atoms with Gasteiger partial charge >= 0.3 is 6.03 Å². The molecule has 0 unspecified atom stereocenters. The summed E-state index contributed by atoms with van der Waals surface area (Å²) < 4.78 is 9.10. The van der Waals surface area contributed by atoms with Crippen LogP contribution in [-0.4, -0.2) is 93.8 Å². The molecule has 2 aromatic rings. The highest BCUT2D eigenvalue weighted by atomic mass is 32.1. The van der Waals surface area contributed by atoms with Crippen LogP contribution in [-0.2, 0) is 4.74 Å². The van der Waals surface area contributed by atoms with Gasteiger partial charge in [-0.05, 0) is 6.07 Å². The fourth-order valence-electron chi connectivity index (χ4n) is 3.07. The first-order chi connectivity index (χ1) is 13.7. The zero-order chi connectivity index (χ0) is 19.3. The van der Waals surface area contributed by atoms with Gasteiger partial charge in [0.1, 0.15) is 0 Å². The Morgan fingerprint density at radius 1 is 1.00 bits per heavy atom. The van der Waals surface area contributed by atoms with Gasteiger partial charge in [-0.25, -0.2) is 14.8 Å². The third-order valence-electron chi connectivity index (χ3n) is 4.61. The Bertz CT molecular complexity index is 818. The molecule has 0 aliphatic carbocycles. The lowest BCUT2D eigenvalue weighted by Crippen LogP contribution is -2.49. The predicted octanol–water partition coefficient (Wildman–Crippen LogP) is 0.155. The van der Waals surface area contributed by atoms with Crippen LogP contribution in [0.5, 0.6) is 0 Å². The topological polar surface area (TPSA) is 117 Å². The molecule has 1 N–H and O–H groups in total. The Morgan fingerprint density at radius 3 is 2.43 bits per heavy atom. The maximum Gasteiger partial charge on any atom is 0.322 e. The van der Waals surface area contributed by atoms with Gasteiger partial charge in [-0.3, -0.25) is 10.1 Å². The van der Waals surface area contributed by atoms with Gasteiger partial charge in [0.15, 0.2) is 10.7 Å². The largest absolute Gasteiger partial charge is 0.378 e. The molecule has 0 bridgehead atoms. The van der Waals surface area contributed by atoms with Gasteiger partial charge in [0.2, 0.25) is 5.95 Å². The molecule has 0 saturated carbocycles. The summed E-state index contributed by atoms with van der Waals surface area (Å²) in [5.74, 6) is 0.419. The van der Waals surface area contributed by atoms with E-state index in [2.05, 4.69) is 24.9 Å². The Morgan fingerprint density at radius 2 is 1.71 bits per heavy atom. The smallest absolute Gasteiger partial charge is 0.322 e. The standard InChI is InChI=1S/C16H20N8O3S/c25-14(22-4-6-23(7-5-22)15-17-2-1-3-18-15)12-13(28-21-20-12)19-16(26)24-8-10-27-11-9-24/h1-3H,4-11H2,(H,19,26). The molecule has 12 heteroatoms. The van der Waals surface area contributed by atoms with Gasteiger partial charge < -0.3 is 19.4 Å². The molecule has 2 aliphatic heterocycles. The second-order valence-electron chi connectivity index (χ2n) is 6.31. The zero-order valence-corrected chi connectivity index (χ0v) is 16.0. The van der Waals surface area contributed by atoms with Crippen LogP contribution in [0.1, 0.15) is 10.5 Å². The van der Waals surface area contributed by atoms with Gasteiger partial charge in [-0.1, -0.05) is 4.49 Å². The highest BCUT2D eigenvalue weighted by molar-refractivity contribution is 7.10. The van der Waals surface area contributed by atoms with Crippen LogP contribution in [0.3, 0.4) is 0 Å². The summed E-state index contributed by atoms with van der Waals surface area (Å²) in [5, 5.41) is 7.08. The minimum atomic E-state index is -0.269. The van der Waals surface area contributed by atoms with Gasteiger partial charge in [-0.15, -0.1) is 5.10 Å². The molecule has 2 fully saturated rings.